The number of nitrogens with one attached hydrogen (secondary N) is 1. The third kappa shape index (κ3) is 5.25. The minimum Gasteiger partial charge on any atom is -0.385 e. The average Bonchev–Trinajstić information content (AvgIpc) is 2.15. The standard InChI is InChI=1S/C11H23NS/c1-6-9(3)10(4)12-11(7-2)8-13-5/h8-10,12H,6-7H2,1-5H3/b11-8+. The second kappa shape index (κ2) is 7.31. The lowest BCUT2D eigenvalue weighted by Crippen LogP contribution is -2.30. The van der Waals surface area contributed by atoms with Gasteiger partial charge in [-0.2, -0.15) is 0 Å². The van der Waals surface area contributed by atoms with Crippen molar-refractivity contribution in [2.24, 2.45) is 5.92 Å². The molecule has 1 N–H and O–H groups in total. The fraction of sp³-hybridized carbons (Fsp3) is 0.818. The van der Waals surface area contributed by atoms with E-state index in [1.807, 2.05) is 0 Å². The maximum absolute atomic E-state index is 3.56. The van der Waals surface area contributed by atoms with Gasteiger partial charge in [0, 0.05) is 11.7 Å². The van der Waals surface area contributed by atoms with Gasteiger partial charge in [0.15, 0.2) is 0 Å². The molecule has 0 fully saturated rings. The van der Waals surface area contributed by atoms with Gasteiger partial charge in [-0.05, 0) is 30.9 Å². The molecule has 0 spiro atoms. The summed E-state index contributed by atoms with van der Waals surface area (Å²) < 4.78 is 0. The van der Waals surface area contributed by atoms with Gasteiger partial charge < -0.3 is 5.32 Å². The number of hydrogen-bond donors (Lipinski definition) is 1. The molecule has 0 rings (SSSR count). The van der Waals surface area contributed by atoms with Gasteiger partial charge in [-0.3, -0.25) is 0 Å². The Morgan fingerprint density at radius 2 is 2.00 bits per heavy atom. The largest absolute Gasteiger partial charge is 0.385 e. The van der Waals surface area contributed by atoms with E-state index in [1.54, 1.807) is 11.8 Å². The molecule has 78 valence electrons. The average molecular weight is 201 g/mol. The van der Waals surface area contributed by atoms with Gasteiger partial charge in [-0.15, -0.1) is 11.8 Å². The van der Waals surface area contributed by atoms with Crippen molar-refractivity contribution in [2.45, 2.75) is 46.6 Å². The van der Waals surface area contributed by atoms with Crippen molar-refractivity contribution in [2.75, 3.05) is 6.26 Å². The molecule has 0 aromatic rings. The molecular weight excluding hydrogens is 178 g/mol. The lowest BCUT2D eigenvalue weighted by molar-refractivity contribution is 0.414. The van der Waals surface area contributed by atoms with Gasteiger partial charge in [0.05, 0.1) is 0 Å². The van der Waals surface area contributed by atoms with Crippen LogP contribution in [-0.2, 0) is 0 Å². The van der Waals surface area contributed by atoms with Crippen LogP contribution >= 0.6 is 11.8 Å². The first kappa shape index (κ1) is 12.9. The lowest BCUT2D eigenvalue weighted by Gasteiger charge is -2.22. The van der Waals surface area contributed by atoms with E-state index >= 15 is 0 Å². The molecule has 0 aromatic heterocycles. The normalized spacial score (nSPS) is 16.8. The van der Waals surface area contributed by atoms with E-state index in [0.29, 0.717) is 6.04 Å². The van der Waals surface area contributed by atoms with Crippen molar-refractivity contribution in [3.8, 4) is 0 Å². The third-order valence-corrected chi connectivity index (χ3v) is 3.07. The Kier molecular flexibility index (Phi) is 7.25. The molecule has 2 heteroatoms. The fourth-order valence-electron chi connectivity index (χ4n) is 1.15. The molecule has 0 aliphatic carbocycles. The molecule has 0 saturated carbocycles. The van der Waals surface area contributed by atoms with Gasteiger partial charge in [0.25, 0.3) is 0 Å². The molecule has 0 radical (unpaired) electrons. The molecule has 0 aromatic carbocycles. The Morgan fingerprint density at radius 3 is 2.38 bits per heavy atom. The Labute approximate surface area is 87.4 Å². The second-order valence-electron chi connectivity index (χ2n) is 3.55. The van der Waals surface area contributed by atoms with E-state index in [-0.39, 0.29) is 0 Å². The molecule has 2 atom stereocenters. The molecular formula is C11H23NS. The minimum atomic E-state index is 0.586. The summed E-state index contributed by atoms with van der Waals surface area (Å²) in [6.07, 6.45) is 4.44. The van der Waals surface area contributed by atoms with Crippen LogP contribution in [0.15, 0.2) is 11.1 Å². The Balaban J connectivity index is 4.00. The monoisotopic (exact) mass is 201 g/mol. The van der Waals surface area contributed by atoms with Crippen LogP contribution in [0.1, 0.15) is 40.5 Å². The highest BCUT2D eigenvalue weighted by Crippen LogP contribution is 2.11. The Morgan fingerprint density at radius 1 is 1.38 bits per heavy atom. The predicted molar refractivity (Wildman–Crippen MR) is 63.9 cm³/mol. The number of allylic oxidation sites excluding steroid dienone is 1. The number of rotatable bonds is 6. The zero-order valence-corrected chi connectivity index (χ0v) is 10.4. The molecule has 0 amide bonds. The third-order valence-electron chi connectivity index (χ3n) is 2.55. The van der Waals surface area contributed by atoms with Crippen LogP contribution in [0, 0.1) is 5.92 Å². The lowest BCUT2D eigenvalue weighted by atomic mass is 10.0. The van der Waals surface area contributed by atoms with Crippen molar-refractivity contribution in [1.29, 1.82) is 0 Å². The first-order valence-electron chi connectivity index (χ1n) is 5.14. The highest BCUT2D eigenvalue weighted by Gasteiger charge is 2.09. The SMILES string of the molecule is CC/C(=C\SC)NC(C)C(C)CC. The molecule has 0 heterocycles. The van der Waals surface area contributed by atoms with Crippen LogP contribution in [0.4, 0.5) is 0 Å². The van der Waals surface area contributed by atoms with Gasteiger partial charge in [0.1, 0.15) is 0 Å². The molecule has 2 unspecified atom stereocenters. The highest BCUT2D eigenvalue weighted by molar-refractivity contribution is 8.01. The minimum absolute atomic E-state index is 0.586. The molecule has 0 saturated heterocycles. The van der Waals surface area contributed by atoms with E-state index in [2.05, 4.69) is 44.7 Å². The first-order valence-corrected chi connectivity index (χ1v) is 6.42. The second-order valence-corrected chi connectivity index (χ2v) is 4.26. The molecule has 0 aliphatic rings. The van der Waals surface area contributed by atoms with E-state index in [0.717, 1.165) is 12.3 Å². The predicted octanol–water partition coefficient (Wildman–Crippen LogP) is 3.63. The van der Waals surface area contributed by atoms with Crippen molar-refractivity contribution < 1.29 is 0 Å². The van der Waals surface area contributed by atoms with Crippen molar-refractivity contribution in [3.05, 3.63) is 11.1 Å². The zero-order chi connectivity index (χ0) is 10.3. The smallest absolute Gasteiger partial charge is 0.0255 e. The van der Waals surface area contributed by atoms with E-state index in [9.17, 15) is 0 Å². The van der Waals surface area contributed by atoms with E-state index < -0.39 is 0 Å². The van der Waals surface area contributed by atoms with E-state index in [4.69, 9.17) is 0 Å². The topological polar surface area (TPSA) is 12.0 Å². The van der Waals surface area contributed by atoms with Gasteiger partial charge >= 0.3 is 0 Å². The summed E-state index contributed by atoms with van der Waals surface area (Å²) >= 11 is 1.77. The van der Waals surface area contributed by atoms with Crippen LogP contribution in [0.3, 0.4) is 0 Å². The van der Waals surface area contributed by atoms with Crippen LogP contribution < -0.4 is 5.32 Å². The first-order chi connectivity index (χ1) is 6.15. The molecule has 0 aliphatic heterocycles. The van der Waals surface area contributed by atoms with Crippen LogP contribution in [0.25, 0.3) is 0 Å². The van der Waals surface area contributed by atoms with Crippen LogP contribution in [-0.4, -0.2) is 12.3 Å². The van der Waals surface area contributed by atoms with Crippen molar-refractivity contribution in [1.82, 2.24) is 5.32 Å². The van der Waals surface area contributed by atoms with Crippen LogP contribution in [0.5, 0.6) is 0 Å². The fourth-order valence-corrected chi connectivity index (χ4v) is 1.67. The summed E-state index contributed by atoms with van der Waals surface area (Å²) in [5, 5.41) is 5.77. The molecule has 0 bridgehead atoms. The molecule has 13 heavy (non-hydrogen) atoms. The Hall–Kier alpha value is -0.110. The number of thioether (sulfide) groups is 1. The quantitative estimate of drug-likeness (QED) is 0.704. The van der Waals surface area contributed by atoms with Gasteiger partial charge in [-0.1, -0.05) is 27.2 Å². The highest BCUT2D eigenvalue weighted by atomic mass is 32.2. The van der Waals surface area contributed by atoms with E-state index in [1.165, 1.54) is 12.1 Å². The van der Waals surface area contributed by atoms with Crippen molar-refractivity contribution in [3.63, 3.8) is 0 Å². The molecule has 1 nitrogen and oxygen atoms in total. The maximum Gasteiger partial charge on any atom is 0.0255 e. The summed E-state index contributed by atoms with van der Waals surface area (Å²) in [5.74, 6) is 0.747. The summed E-state index contributed by atoms with van der Waals surface area (Å²) in [4.78, 5) is 0. The summed E-state index contributed by atoms with van der Waals surface area (Å²) in [6, 6.07) is 0.586. The van der Waals surface area contributed by atoms with Gasteiger partial charge in [0.2, 0.25) is 0 Å². The van der Waals surface area contributed by atoms with Crippen molar-refractivity contribution >= 4 is 11.8 Å². The van der Waals surface area contributed by atoms with Gasteiger partial charge in [-0.25, -0.2) is 0 Å². The summed E-state index contributed by atoms with van der Waals surface area (Å²) in [7, 11) is 0. The zero-order valence-electron chi connectivity index (χ0n) is 9.55. The van der Waals surface area contributed by atoms with Crippen LogP contribution in [0.2, 0.25) is 0 Å². The Bertz CT molecular complexity index is 154. The number of hydrogen-bond acceptors (Lipinski definition) is 2. The maximum atomic E-state index is 3.56. The summed E-state index contributed by atoms with van der Waals surface area (Å²) in [5.41, 5.74) is 1.36. The summed E-state index contributed by atoms with van der Waals surface area (Å²) in [6.45, 7) is 8.99.